The van der Waals surface area contributed by atoms with Crippen LogP contribution in [0.15, 0.2) is 68.1 Å². The Bertz CT molecular complexity index is 1290. The van der Waals surface area contributed by atoms with E-state index in [9.17, 15) is 9.59 Å². The van der Waals surface area contributed by atoms with Crippen LogP contribution in [-0.2, 0) is 16.9 Å². The van der Waals surface area contributed by atoms with Crippen LogP contribution in [-0.4, -0.2) is 27.0 Å². The minimum atomic E-state index is -1.20. The maximum absolute atomic E-state index is 13.3. The summed E-state index contributed by atoms with van der Waals surface area (Å²) in [5, 5.41) is 12.6. The van der Waals surface area contributed by atoms with Crippen LogP contribution in [0.1, 0.15) is 18.4 Å². The molecule has 0 saturated carbocycles. The SMILES string of the molecule is CC1(c2cccc3ccccc23)NC(=O)N(Cc2nnc(-c3ccc(Br)o3)o2)C1=O. The van der Waals surface area contributed by atoms with Crippen LogP contribution in [0.2, 0.25) is 0 Å². The standard InChI is InChI=1S/C21H15BrN4O4/c1-21(14-8-4-6-12-5-2-3-7-13(12)14)19(27)26(20(28)23-21)11-17-24-25-18(30-17)15-9-10-16(22)29-15/h2-10H,11H2,1H3,(H,23,28). The van der Waals surface area contributed by atoms with Gasteiger partial charge < -0.3 is 14.2 Å². The van der Waals surface area contributed by atoms with Gasteiger partial charge in [0.15, 0.2) is 10.4 Å². The van der Waals surface area contributed by atoms with Crippen molar-refractivity contribution >= 4 is 38.6 Å². The monoisotopic (exact) mass is 466 g/mol. The van der Waals surface area contributed by atoms with Crippen molar-refractivity contribution in [2.45, 2.75) is 19.0 Å². The number of rotatable bonds is 4. The Morgan fingerprint density at radius 2 is 1.83 bits per heavy atom. The number of urea groups is 1. The Hall–Kier alpha value is -3.46. The Morgan fingerprint density at radius 1 is 1.03 bits per heavy atom. The number of hydrogen-bond donors (Lipinski definition) is 1. The van der Waals surface area contributed by atoms with Crippen molar-refractivity contribution in [2.24, 2.45) is 0 Å². The molecule has 0 aliphatic carbocycles. The smallest absolute Gasteiger partial charge is 0.325 e. The van der Waals surface area contributed by atoms with E-state index in [1.54, 1.807) is 19.1 Å². The van der Waals surface area contributed by atoms with Crippen molar-refractivity contribution in [3.63, 3.8) is 0 Å². The van der Waals surface area contributed by atoms with Crippen molar-refractivity contribution < 1.29 is 18.4 Å². The van der Waals surface area contributed by atoms with Crippen molar-refractivity contribution in [3.05, 3.63) is 70.7 Å². The second-order valence-corrected chi connectivity index (χ2v) is 7.86. The first-order chi connectivity index (χ1) is 14.5. The first-order valence-electron chi connectivity index (χ1n) is 9.16. The van der Waals surface area contributed by atoms with E-state index in [-0.39, 0.29) is 24.2 Å². The molecule has 1 aliphatic heterocycles. The number of carbonyl (C=O) groups excluding carboxylic acids is 2. The lowest BCUT2D eigenvalue weighted by Gasteiger charge is -2.23. The number of furan rings is 1. The quantitative estimate of drug-likeness (QED) is 0.452. The van der Waals surface area contributed by atoms with Gasteiger partial charge in [-0.3, -0.25) is 9.69 Å². The third-order valence-electron chi connectivity index (χ3n) is 5.15. The van der Waals surface area contributed by atoms with E-state index < -0.39 is 11.6 Å². The lowest BCUT2D eigenvalue weighted by molar-refractivity contribution is -0.131. The minimum Gasteiger partial charge on any atom is -0.444 e. The molecule has 2 aromatic heterocycles. The highest BCUT2D eigenvalue weighted by Gasteiger charge is 2.50. The number of carbonyl (C=O) groups is 2. The van der Waals surface area contributed by atoms with E-state index in [1.807, 2.05) is 42.5 Å². The molecule has 9 heteroatoms. The molecule has 3 heterocycles. The summed E-state index contributed by atoms with van der Waals surface area (Å²) in [4.78, 5) is 27.0. The number of imide groups is 1. The summed E-state index contributed by atoms with van der Waals surface area (Å²) in [6, 6.07) is 16.3. The van der Waals surface area contributed by atoms with Crippen LogP contribution >= 0.6 is 15.9 Å². The van der Waals surface area contributed by atoms with Gasteiger partial charge >= 0.3 is 6.03 Å². The van der Waals surface area contributed by atoms with Crippen LogP contribution in [0, 0.1) is 0 Å². The topological polar surface area (TPSA) is 101 Å². The van der Waals surface area contributed by atoms with E-state index in [2.05, 4.69) is 31.4 Å². The van der Waals surface area contributed by atoms with Crippen LogP contribution < -0.4 is 5.32 Å². The molecule has 150 valence electrons. The van der Waals surface area contributed by atoms with Crippen LogP contribution in [0.25, 0.3) is 22.4 Å². The zero-order chi connectivity index (χ0) is 20.9. The molecular formula is C21H15BrN4O4. The van der Waals surface area contributed by atoms with Gasteiger partial charge in [0.05, 0.1) is 0 Å². The fraction of sp³-hybridized carbons (Fsp3) is 0.143. The second-order valence-electron chi connectivity index (χ2n) is 7.08. The molecule has 30 heavy (non-hydrogen) atoms. The van der Waals surface area contributed by atoms with E-state index in [0.717, 1.165) is 21.2 Å². The lowest BCUT2D eigenvalue weighted by Crippen LogP contribution is -2.41. The maximum atomic E-state index is 13.3. The summed E-state index contributed by atoms with van der Waals surface area (Å²) < 4.78 is 11.5. The van der Waals surface area contributed by atoms with Crippen molar-refractivity contribution in [2.75, 3.05) is 0 Å². The average molecular weight is 467 g/mol. The second kappa shape index (κ2) is 6.81. The molecule has 0 bridgehead atoms. The molecule has 0 spiro atoms. The predicted octanol–water partition coefficient (Wildman–Crippen LogP) is 4.21. The molecular weight excluding hydrogens is 452 g/mol. The highest BCUT2D eigenvalue weighted by atomic mass is 79.9. The van der Waals surface area contributed by atoms with E-state index >= 15 is 0 Å². The Morgan fingerprint density at radius 3 is 2.63 bits per heavy atom. The molecule has 1 unspecified atom stereocenters. The number of halogens is 1. The van der Waals surface area contributed by atoms with Crippen molar-refractivity contribution in [1.29, 1.82) is 0 Å². The molecule has 1 aliphatic rings. The van der Waals surface area contributed by atoms with Gasteiger partial charge in [0, 0.05) is 0 Å². The lowest BCUT2D eigenvalue weighted by atomic mass is 9.88. The zero-order valence-electron chi connectivity index (χ0n) is 15.8. The molecule has 5 rings (SSSR count). The zero-order valence-corrected chi connectivity index (χ0v) is 17.3. The number of nitrogens with zero attached hydrogens (tertiary/aromatic N) is 3. The van der Waals surface area contributed by atoms with Gasteiger partial charge in [-0.15, -0.1) is 10.2 Å². The third-order valence-corrected chi connectivity index (χ3v) is 5.57. The largest absolute Gasteiger partial charge is 0.444 e. The van der Waals surface area contributed by atoms with Gasteiger partial charge in [-0.2, -0.15) is 0 Å². The Labute approximate surface area is 179 Å². The highest BCUT2D eigenvalue weighted by molar-refractivity contribution is 9.10. The van der Waals surface area contributed by atoms with Crippen LogP contribution in [0.5, 0.6) is 0 Å². The number of hydrogen-bond acceptors (Lipinski definition) is 6. The molecule has 4 aromatic rings. The molecule has 2 aromatic carbocycles. The van der Waals surface area contributed by atoms with Crippen molar-refractivity contribution in [3.8, 4) is 11.7 Å². The normalized spacial score (nSPS) is 18.9. The van der Waals surface area contributed by atoms with E-state index in [4.69, 9.17) is 8.83 Å². The van der Waals surface area contributed by atoms with Gasteiger partial charge in [-0.1, -0.05) is 42.5 Å². The van der Waals surface area contributed by atoms with E-state index in [1.165, 1.54) is 0 Å². The average Bonchev–Trinajstić information content (AvgIpc) is 3.44. The predicted molar refractivity (Wildman–Crippen MR) is 110 cm³/mol. The van der Waals surface area contributed by atoms with Gasteiger partial charge in [0.25, 0.3) is 11.8 Å². The summed E-state index contributed by atoms with van der Waals surface area (Å²) in [5.74, 6) is 0.297. The molecule has 0 radical (unpaired) electrons. The summed E-state index contributed by atoms with van der Waals surface area (Å²) in [7, 11) is 0. The number of amides is 3. The fourth-order valence-corrected chi connectivity index (χ4v) is 3.97. The van der Waals surface area contributed by atoms with Crippen LogP contribution in [0.3, 0.4) is 0 Å². The highest BCUT2D eigenvalue weighted by Crippen LogP contribution is 2.34. The van der Waals surface area contributed by atoms with Gasteiger partial charge in [0.1, 0.15) is 12.1 Å². The third kappa shape index (κ3) is 2.89. The number of aromatic nitrogens is 2. The van der Waals surface area contributed by atoms with Gasteiger partial charge in [-0.05, 0) is 51.3 Å². The first-order valence-corrected chi connectivity index (χ1v) is 9.95. The van der Waals surface area contributed by atoms with Crippen molar-refractivity contribution in [1.82, 2.24) is 20.4 Å². The summed E-state index contributed by atoms with van der Waals surface area (Å²) in [6.07, 6.45) is 0. The van der Waals surface area contributed by atoms with E-state index in [0.29, 0.717) is 10.4 Å². The molecule has 1 N–H and O–H groups in total. The Balaban J connectivity index is 1.45. The Kier molecular flexibility index (Phi) is 4.21. The first kappa shape index (κ1) is 18.6. The summed E-state index contributed by atoms with van der Waals surface area (Å²) in [5.41, 5.74) is -0.472. The maximum Gasteiger partial charge on any atom is 0.325 e. The number of fused-ring (bicyclic) bond motifs is 1. The number of benzene rings is 2. The molecule has 1 atom stereocenters. The molecule has 3 amide bonds. The molecule has 1 fully saturated rings. The summed E-state index contributed by atoms with van der Waals surface area (Å²) in [6.45, 7) is 1.56. The van der Waals surface area contributed by atoms with Gasteiger partial charge in [0.2, 0.25) is 5.89 Å². The fourth-order valence-electron chi connectivity index (χ4n) is 3.67. The minimum absolute atomic E-state index is 0.128. The number of nitrogens with one attached hydrogen (secondary N) is 1. The summed E-state index contributed by atoms with van der Waals surface area (Å²) >= 11 is 3.21. The molecule has 1 saturated heterocycles. The van der Waals surface area contributed by atoms with Crippen LogP contribution in [0.4, 0.5) is 4.79 Å². The van der Waals surface area contributed by atoms with Gasteiger partial charge in [-0.25, -0.2) is 4.79 Å². The molecule has 8 nitrogen and oxygen atoms in total.